The summed E-state index contributed by atoms with van der Waals surface area (Å²) in [6, 6.07) is 22.0. The Labute approximate surface area is 158 Å². The second-order valence-electron chi connectivity index (χ2n) is 5.66. The Kier molecular flexibility index (Phi) is 6.20. The molecule has 0 N–H and O–H groups in total. The number of rotatable bonds is 8. The van der Waals surface area contributed by atoms with Gasteiger partial charge in [-0.3, -0.25) is 4.79 Å². The lowest BCUT2D eigenvalue weighted by molar-refractivity contribution is -0.120. The maximum Gasteiger partial charge on any atom is 0.265 e. The Morgan fingerprint density at radius 2 is 1.67 bits per heavy atom. The standard InChI is InChI=1S/C22H20N2O3/c1-2-16-24(18-8-4-3-5-9-18)22(25)17-26-19-11-13-20(14-12-19)27-21-10-6-7-15-23-21/h2-15H,1,16-17H2. The largest absolute Gasteiger partial charge is 0.484 e. The van der Waals surface area contributed by atoms with Crippen LogP contribution < -0.4 is 14.4 Å². The van der Waals surface area contributed by atoms with Crippen molar-refractivity contribution in [2.24, 2.45) is 0 Å². The van der Waals surface area contributed by atoms with Crippen LogP contribution in [0, 0.1) is 0 Å². The number of aromatic nitrogens is 1. The predicted octanol–water partition coefficient (Wildman–Crippen LogP) is 4.47. The lowest BCUT2D eigenvalue weighted by Crippen LogP contribution is -2.35. The molecule has 2 aromatic carbocycles. The average Bonchev–Trinajstić information content (AvgIpc) is 2.73. The fourth-order valence-corrected chi connectivity index (χ4v) is 2.44. The molecule has 3 rings (SSSR count). The fraction of sp³-hybridized carbons (Fsp3) is 0.0909. The van der Waals surface area contributed by atoms with Gasteiger partial charge in [0.25, 0.3) is 5.91 Å². The lowest BCUT2D eigenvalue weighted by atomic mass is 10.3. The summed E-state index contributed by atoms with van der Waals surface area (Å²) in [5.74, 6) is 1.60. The number of hydrogen-bond donors (Lipinski definition) is 0. The van der Waals surface area contributed by atoms with Crippen LogP contribution in [0.25, 0.3) is 0 Å². The molecule has 0 spiro atoms. The molecule has 136 valence electrons. The maximum atomic E-state index is 12.5. The van der Waals surface area contributed by atoms with Gasteiger partial charge in [-0.05, 0) is 42.5 Å². The van der Waals surface area contributed by atoms with Gasteiger partial charge in [-0.25, -0.2) is 4.98 Å². The second kappa shape index (κ2) is 9.20. The Hall–Kier alpha value is -3.60. The molecule has 0 unspecified atom stereocenters. The first-order chi connectivity index (χ1) is 13.3. The number of amides is 1. The van der Waals surface area contributed by atoms with Crippen molar-refractivity contribution in [2.75, 3.05) is 18.1 Å². The zero-order valence-electron chi connectivity index (χ0n) is 14.8. The number of pyridine rings is 1. The first-order valence-corrected chi connectivity index (χ1v) is 8.54. The van der Waals surface area contributed by atoms with Gasteiger partial charge in [-0.1, -0.05) is 30.3 Å². The van der Waals surface area contributed by atoms with Gasteiger partial charge in [0.1, 0.15) is 11.5 Å². The molecule has 1 amide bonds. The molecule has 5 heteroatoms. The van der Waals surface area contributed by atoms with Gasteiger partial charge >= 0.3 is 0 Å². The normalized spacial score (nSPS) is 10.1. The minimum Gasteiger partial charge on any atom is -0.484 e. The van der Waals surface area contributed by atoms with Crippen LogP contribution in [0.4, 0.5) is 5.69 Å². The Morgan fingerprint density at radius 1 is 0.963 bits per heavy atom. The third-order valence-electron chi connectivity index (χ3n) is 3.73. The molecular formula is C22H20N2O3. The van der Waals surface area contributed by atoms with E-state index >= 15 is 0 Å². The molecule has 0 aliphatic rings. The lowest BCUT2D eigenvalue weighted by Gasteiger charge is -2.21. The maximum absolute atomic E-state index is 12.5. The highest BCUT2D eigenvalue weighted by atomic mass is 16.5. The summed E-state index contributed by atoms with van der Waals surface area (Å²) in [5, 5.41) is 0. The highest BCUT2D eigenvalue weighted by molar-refractivity contribution is 5.94. The van der Waals surface area contributed by atoms with Gasteiger partial charge in [0.15, 0.2) is 6.61 Å². The molecule has 1 heterocycles. The SMILES string of the molecule is C=CCN(C(=O)COc1ccc(Oc2ccccn2)cc1)c1ccccc1. The van der Waals surface area contributed by atoms with E-state index in [2.05, 4.69) is 11.6 Å². The van der Waals surface area contributed by atoms with Gasteiger partial charge in [-0.2, -0.15) is 0 Å². The molecule has 5 nitrogen and oxygen atoms in total. The van der Waals surface area contributed by atoms with E-state index in [1.807, 2.05) is 42.5 Å². The summed E-state index contributed by atoms with van der Waals surface area (Å²) >= 11 is 0. The van der Waals surface area contributed by atoms with Crippen LogP contribution in [0.2, 0.25) is 0 Å². The zero-order valence-corrected chi connectivity index (χ0v) is 14.8. The van der Waals surface area contributed by atoms with Crippen molar-refractivity contribution in [3.63, 3.8) is 0 Å². The summed E-state index contributed by atoms with van der Waals surface area (Å²) in [4.78, 5) is 18.3. The van der Waals surface area contributed by atoms with E-state index in [1.165, 1.54) is 0 Å². The van der Waals surface area contributed by atoms with E-state index in [1.54, 1.807) is 47.5 Å². The molecule has 0 aliphatic heterocycles. The molecule has 0 radical (unpaired) electrons. The predicted molar refractivity (Wildman–Crippen MR) is 105 cm³/mol. The minimum absolute atomic E-state index is 0.0663. The summed E-state index contributed by atoms with van der Waals surface area (Å²) < 4.78 is 11.3. The van der Waals surface area contributed by atoms with Gasteiger partial charge in [0.05, 0.1) is 0 Å². The van der Waals surface area contributed by atoms with E-state index in [0.29, 0.717) is 23.9 Å². The molecular weight excluding hydrogens is 340 g/mol. The fourth-order valence-electron chi connectivity index (χ4n) is 2.44. The molecule has 27 heavy (non-hydrogen) atoms. The van der Waals surface area contributed by atoms with Crippen LogP contribution in [0.15, 0.2) is 91.6 Å². The van der Waals surface area contributed by atoms with E-state index in [-0.39, 0.29) is 12.5 Å². The van der Waals surface area contributed by atoms with Crippen molar-refractivity contribution in [3.05, 3.63) is 91.6 Å². The van der Waals surface area contributed by atoms with Crippen molar-refractivity contribution in [2.45, 2.75) is 0 Å². The van der Waals surface area contributed by atoms with Crippen molar-refractivity contribution in [3.8, 4) is 17.4 Å². The van der Waals surface area contributed by atoms with Gasteiger partial charge in [0.2, 0.25) is 5.88 Å². The molecule has 1 aromatic heterocycles. The third kappa shape index (κ3) is 5.19. The topological polar surface area (TPSA) is 51.7 Å². The van der Waals surface area contributed by atoms with Gasteiger partial charge < -0.3 is 14.4 Å². The van der Waals surface area contributed by atoms with Crippen LogP contribution in [-0.4, -0.2) is 24.0 Å². The molecule has 0 saturated carbocycles. The van der Waals surface area contributed by atoms with Gasteiger partial charge in [-0.15, -0.1) is 6.58 Å². The molecule has 0 atom stereocenters. The number of hydrogen-bond acceptors (Lipinski definition) is 4. The number of carbonyl (C=O) groups excluding carboxylic acids is 1. The smallest absolute Gasteiger partial charge is 0.265 e. The highest BCUT2D eigenvalue weighted by Gasteiger charge is 2.14. The highest BCUT2D eigenvalue weighted by Crippen LogP contribution is 2.22. The number of nitrogens with zero attached hydrogens (tertiary/aromatic N) is 2. The van der Waals surface area contributed by atoms with Crippen LogP contribution >= 0.6 is 0 Å². The van der Waals surface area contributed by atoms with E-state index < -0.39 is 0 Å². The summed E-state index contributed by atoms with van der Waals surface area (Å²) in [7, 11) is 0. The first-order valence-electron chi connectivity index (χ1n) is 8.54. The first kappa shape index (κ1) is 18.2. The van der Waals surface area contributed by atoms with Crippen LogP contribution in [0.5, 0.6) is 17.4 Å². The number of carbonyl (C=O) groups is 1. The minimum atomic E-state index is -0.144. The van der Waals surface area contributed by atoms with Crippen molar-refractivity contribution in [1.82, 2.24) is 4.98 Å². The van der Waals surface area contributed by atoms with Crippen LogP contribution in [0.1, 0.15) is 0 Å². The molecule has 0 saturated heterocycles. The average molecular weight is 360 g/mol. The Bertz CT molecular complexity index is 865. The van der Waals surface area contributed by atoms with Crippen molar-refractivity contribution >= 4 is 11.6 Å². The van der Waals surface area contributed by atoms with Crippen LogP contribution in [-0.2, 0) is 4.79 Å². The molecule has 0 fully saturated rings. The summed E-state index contributed by atoms with van der Waals surface area (Å²) in [6.07, 6.45) is 3.36. The third-order valence-corrected chi connectivity index (χ3v) is 3.73. The van der Waals surface area contributed by atoms with E-state index in [9.17, 15) is 4.79 Å². The summed E-state index contributed by atoms with van der Waals surface area (Å²) in [6.45, 7) is 4.07. The zero-order chi connectivity index (χ0) is 18.9. The van der Waals surface area contributed by atoms with Crippen molar-refractivity contribution in [1.29, 1.82) is 0 Å². The molecule has 0 bridgehead atoms. The van der Waals surface area contributed by atoms with E-state index in [4.69, 9.17) is 9.47 Å². The van der Waals surface area contributed by atoms with Gasteiger partial charge in [0, 0.05) is 24.5 Å². The van der Waals surface area contributed by atoms with Crippen LogP contribution in [0.3, 0.4) is 0 Å². The molecule has 3 aromatic rings. The Morgan fingerprint density at radius 3 is 2.33 bits per heavy atom. The second-order valence-corrected chi connectivity index (χ2v) is 5.66. The number of para-hydroxylation sites is 1. The number of anilines is 1. The molecule has 0 aliphatic carbocycles. The number of ether oxygens (including phenoxy) is 2. The summed E-state index contributed by atoms with van der Waals surface area (Å²) in [5.41, 5.74) is 0.810. The quantitative estimate of drug-likeness (QED) is 0.556. The number of benzene rings is 2. The van der Waals surface area contributed by atoms with Crippen molar-refractivity contribution < 1.29 is 14.3 Å². The van der Waals surface area contributed by atoms with E-state index in [0.717, 1.165) is 5.69 Å². The Balaban J connectivity index is 1.58. The monoisotopic (exact) mass is 360 g/mol.